The molecule has 0 aliphatic heterocycles. The highest BCUT2D eigenvalue weighted by Gasteiger charge is 2.26. The third kappa shape index (κ3) is 2.84. The molecule has 0 radical (unpaired) electrons. The van der Waals surface area contributed by atoms with E-state index >= 15 is 0 Å². The van der Waals surface area contributed by atoms with Gasteiger partial charge in [-0.25, -0.2) is 4.79 Å². The first-order chi connectivity index (χ1) is 9.86. The molecule has 0 aliphatic rings. The van der Waals surface area contributed by atoms with E-state index in [1.165, 1.54) is 6.07 Å². The molecule has 2 rings (SSSR count). The van der Waals surface area contributed by atoms with Crippen molar-refractivity contribution in [3.8, 4) is 5.75 Å². The van der Waals surface area contributed by atoms with E-state index in [0.29, 0.717) is 34.4 Å². The van der Waals surface area contributed by atoms with E-state index in [1.54, 1.807) is 13.8 Å². The number of aromatic hydroxyl groups is 1. The Balaban J connectivity index is 2.77. The summed E-state index contributed by atoms with van der Waals surface area (Å²) in [6.45, 7) is 4.23. The fraction of sp³-hybridized carbons (Fsp3) is 0.400. The van der Waals surface area contributed by atoms with Crippen molar-refractivity contribution in [2.24, 2.45) is 0 Å². The van der Waals surface area contributed by atoms with Crippen LogP contribution in [0.1, 0.15) is 28.6 Å². The minimum absolute atomic E-state index is 0.0169. The second kappa shape index (κ2) is 5.95. The molecule has 21 heavy (non-hydrogen) atoms. The van der Waals surface area contributed by atoms with Gasteiger partial charge < -0.3 is 19.2 Å². The molecule has 0 saturated carbocycles. The van der Waals surface area contributed by atoms with Crippen LogP contribution in [0.15, 0.2) is 10.5 Å². The van der Waals surface area contributed by atoms with Crippen LogP contribution in [-0.2, 0) is 11.3 Å². The maximum atomic E-state index is 12.2. The zero-order chi connectivity index (χ0) is 15.7. The van der Waals surface area contributed by atoms with Crippen LogP contribution in [0.3, 0.4) is 0 Å². The van der Waals surface area contributed by atoms with Gasteiger partial charge in [-0.05, 0) is 13.8 Å². The highest BCUT2D eigenvalue weighted by molar-refractivity contribution is 6.33. The van der Waals surface area contributed by atoms with E-state index < -0.39 is 5.97 Å². The number of nitrogens with one attached hydrogen (secondary N) is 1. The van der Waals surface area contributed by atoms with Crippen molar-refractivity contribution < 1.29 is 24.0 Å². The van der Waals surface area contributed by atoms with E-state index in [4.69, 9.17) is 20.8 Å². The number of quaternary nitrogens is 1. The molecule has 0 bridgehead atoms. The number of aryl methyl sites for hydroxylation is 1. The number of hydrogen-bond acceptors (Lipinski definition) is 4. The SMILES string of the molecule is CCOC(=O)c1c(C)oc2cc(Cl)c(O)c(C[NH+](C)C)c12. The number of benzene rings is 1. The Hall–Kier alpha value is -1.72. The molecular weight excluding hydrogens is 294 g/mol. The van der Waals surface area contributed by atoms with Crippen molar-refractivity contribution in [2.45, 2.75) is 20.4 Å². The Bertz CT molecular complexity index is 691. The number of hydrogen-bond donors (Lipinski definition) is 2. The lowest BCUT2D eigenvalue weighted by Gasteiger charge is -2.12. The van der Waals surface area contributed by atoms with Crippen LogP contribution >= 0.6 is 11.6 Å². The highest BCUT2D eigenvalue weighted by atomic mass is 35.5. The van der Waals surface area contributed by atoms with Crippen molar-refractivity contribution >= 4 is 28.5 Å². The molecule has 0 fully saturated rings. The topological polar surface area (TPSA) is 64.1 Å². The van der Waals surface area contributed by atoms with E-state index in [1.807, 2.05) is 14.1 Å². The van der Waals surface area contributed by atoms with Crippen LogP contribution in [-0.4, -0.2) is 31.8 Å². The summed E-state index contributed by atoms with van der Waals surface area (Å²) >= 11 is 6.04. The first-order valence-electron chi connectivity index (χ1n) is 6.76. The summed E-state index contributed by atoms with van der Waals surface area (Å²) < 4.78 is 10.7. The molecule has 0 amide bonds. The van der Waals surface area contributed by atoms with Gasteiger partial charge in [0.2, 0.25) is 0 Å². The lowest BCUT2D eigenvalue weighted by Crippen LogP contribution is -3.04. The Kier molecular flexibility index (Phi) is 4.44. The summed E-state index contributed by atoms with van der Waals surface area (Å²) in [5, 5.41) is 11.0. The fourth-order valence-corrected chi connectivity index (χ4v) is 2.60. The van der Waals surface area contributed by atoms with Gasteiger partial charge in [-0.15, -0.1) is 0 Å². The predicted molar refractivity (Wildman–Crippen MR) is 80.1 cm³/mol. The summed E-state index contributed by atoms with van der Waals surface area (Å²) in [5.74, 6) is -0.0117. The molecule has 114 valence electrons. The minimum atomic E-state index is -0.453. The maximum absolute atomic E-state index is 12.2. The standard InChI is InChI=1S/C15H18ClNO4/c1-5-20-15(19)12-8(2)21-11-6-10(16)14(18)9(13(11)12)7-17(3)4/h6,18H,5,7H2,1-4H3/p+1. The van der Waals surface area contributed by atoms with Gasteiger partial charge in [-0.3, -0.25) is 0 Å². The average molecular weight is 313 g/mol. The number of halogens is 1. The van der Waals surface area contributed by atoms with Gasteiger partial charge in [-0.1, -0.05) is 11.6 Å². The molecule has 0 unspecified atom stereocenters. The van der Waals surface area contributed by atoms with E-state index in [9.17, 15) is 9.90 Å². The zero-order valence-corrected chi connectivity index (χ0v) is 13.3. The first kappa shape index (κ1) is 15.7. The van der Waals surface area contributed by atoms with Gasteiger partial charge >= 0.3 is 5.97 Å². The normalized spacial score (nSPS) is 11.3. The van der Waals surface area contributed by atoms with Gasteiger partial charge in [0.05, 0.1) is 31.3 Å². The van der Waals surface area contributed by atoms with Gasteiger partial charge in [0.25, 0.3) is 0 Å². The third-order valence-corrected chi connectivity index (χ3v) is 3.48. The van der Waals surface area contributed by atoms with Crippen molar-refractivity contribution in [1.29, 1.82) is 0 Å². The number of esters is 1. The lowest BCUT2D eigenvalue weighted by atomic mass is 10.0. The average Bonchev–Trinajstić information content (AvgIpc) is 2.70. The molecule has 0 saturated heterocycles. The molecular formula is C15H19ClNO4+. The molecule has 1 aromatic heterocycles. The quantitative estimate of drug-likeness (QED) is 0.847. The summed E-state index contributed by atoms with van der Waals surface area (Å²) in [6.07, 6.45) is 0. The Morgan fingerprint density at radius 1 is 1.48 bits per heavy atom. The Labute approximate surface area is 128 Å². The molecule has 0 atom stereocenters. The van der Waals surface area contributed by atoms with Crippen molar-refractivity contribution in [2.75, 3.05) is 20.7 Å². The minimum Gasteiger partial charge on any atom is -0.506 e. The molecule has 1 aromatic carbocycles. The molecule has 2 N–H and O–H groups in total. The molecule has 1 heterocycles. The Morgan fingerprint density at radius 3 is 2.71 bits per heavy atom. The number of phenolic OH excluding ortho intramolecular Hbond substituents is 1. The number of carbonyl (C=O) groups excluding carboxylic acids is 1. The van der Waals surface area contributed by atoms with Crippen LogP contribution in [0.4, 0.5) is 0 Å². The molecule has 0 spiro atoms. The lowest BCUT2D eigenvalue weighted by molar-refractivity contribution is -0.872. The molecule has 0 aliphatic carbocycles. The van der Waals surface area contributed by atoms with E-state index in [2.05, 4.69) is 0 Å². The van der Waals surface area contributed by atoms with Crippen molar-refractivity contribution in [3.63, 3.8) is 0 Å². The zero-order valence-electron chi connectivity index (χ0n) is 12.5. The number of ether oxygens (including phenoxy) is 1. The van der Waals surface area contributed by atoms with Gasteiger partial charge in [0.1, 0.15) is 29.2 Å². The highest BCUT2D eigenvalue weighted by Crippen LogP contribution is 2.38. The summed E-state index contributed by atoms with van der Waals surface area (Å²) in [4.78, 5) is 13.3. The largest absolute Gasteiger partial charge is 0.506 e. The molecule has 6 heteroatoms. The van der Waals surface area contributed by atoms with Crippen LogP contribution < -0.4 is 4.90 Å². The van der Waals surface area contributed by atoms with Crippen molar-refractivity contribution in [1.82, 2.24) is 0 Å². The van der Waals surface area contributed by atoms with Crippen LogP contribution in [0, 0.1) is 6.92 Å². The Morgan fingerprint density at radius 2 is 2.14 bits per heavy atom. The van der Waals surface area contributed by atoms with E-state index in [0.717, 1.165) is 4.90 Å². The number of phenols is 1. The molecule has 2 aromatic rings. The fourth-order valence-electron chi connectivity index (χ4n) is 2.39. The number of fused-ring (bicyclic) bond motifs is 1. The summed E-state index contributed by atoms with van der Waals surface area (Å²) in [6, 6.07) is 1.52. The van der Waals surface area contributed by atoms with E-state index in [-0.39, 0.29) is 17.4 Å². The van der Waals surface area contributed by atoms with Crippen LogP contribution in [0.5, 0.6) is 5.75 Å². The predicted octanol–water partition coefficient (Wildman–Crippen LogP) is 1.92. The third-order valence-electron chi connectivity index (χ3n) is 3.19. The van der Waals surface area contributed by atoms with Gasteiger partial charge in [-0.2, -0.15) is 0 Å². The number of furan rings is 1. The van der Waals surface area contributed by atoms with Crippen molar-refractivity contribution in [3.05, 3.63) is 28.0 Å². The number of rotatable bonds is 4. The second-order valence-electron chi connectivity index (χ2n) is 5.20. The number of carbonyl (C=O) groups is 1. The first-order valence-corrected chi connectivity index (χ1v) is 7.14. The van der Waals surface area contributed by atoms with Crippen LogP contribution in [0.25, 0.3) is 11.0 Å². The second-order valence-corrected chi connectivity index (χ2v) is 5.60. The van der Waals surface area contributed by atoms with Gasteiger partial charge in [0, 0.05) is 11.5 Å². The van der Waals surface area contributed by atoms with Gasteiger partial charge in [0.15, 0.2) is 0 Å². The smallest absolute Gasteiger partial charge is 0.342 e. The maximum Gasteiger partial charge on any atom is 0.342 e. The molecule has 5 nitrogen and oxygen atoms in total. The summed E-state index contributed by atoms with van der Waals surface area (Å²) in [5.41, 5.74) is 1.43. The monoisotopic (exact) mass is 312 g/mol. The summed E-state index contributed by atoms with van der Waals surface area (Å²) in [7, 11) is 3.90. The van der Waals surface area contributed by atoms with Crippen LogP contribution in [0.2, 0.25) is 5.02 Å².